The molecule has 5 N–H and O–H groups in total. The van der Waals surface area contributed by atoms with Crippen molar-refractivity contribution in [1.29, 1.82) is 0 Å². The lowest BCUT2D eigenvalue weighted by molar-refractivity contribution is 0.0388. The summed E-state index contributed by atoms with van der Waals surface area (Å²) in [6.45, 7) is -0.704. The average Bonchev–Trinajstić information content (AvgIpc) is 3.37. The fourth-order valence-corrected chi connectivity index (χ4v) is 3.31. The van der Waals surface area contributed by atoms with Gasteiger partial charge in [0.05, 0.1) is 24.8 Å². The number of rotatable bonds is 11. The number of para-hydroxylation sites is 1. The minimum absolute atomic E-state index is 0.0819. The summed E-state index contributed by atoms with van der Waals surface area (Å²) in [4.78, 5) is 27.8. The van der Waals surface area contributed by atoms with E-state index in [1.54, 1.807) is 67.0 Å². The van der Waals surface area contributed by atoms with E-state index in [0.29, 0.717) is 17.0 Å². The molecule has 174 valence electrons. The summed E-state index contributed by atoms with van der Waals surface area (Å²) in [5, 5.41) is 32.5. The van der Waals surface area contributed by atoms with Gasteiger partial charge in [0.1, 0.15) is 18.5 Å². The maximum Gasteiger partial charge on any atom is 0.407 e. The van der Waals surface area contributed by atoms with E-state index in [1.165, 1.54) is 0 Å². The first-order chi connectivity index (χ1) is 16.0. The third-order valence-corrected chi connectivity index (χ3v) is 5.03. The second kappa shape index (κ2) is 11.7. The molecule has 0 aliphatic heterocycles. The number of amides is 2. The second-order valence-corrected chi connectivity index (χ2v) is 7.50. The third kappa shape index (κ3) is 7.09. The van der Waals surface area contributed by atoms with Crippen LogP contribution in [0.4, 0.5) is 10.5 Å². The maximum atomic E-state index is 12.1. The molecule has 2 aromatic carbocycles. The van der Waals surface area contributed by atoms with Gasteiger partial charge in [-0.25, -0.2) is 4.79 Å². The van der Waals surface area contributed by atoms with Gasteiger partial charge in [-0.3, -0.25) is 4.79 Å². The Balaban J connectivity index is 1.57. The van der Waals surface area contributed by atoms with Crippen molar-refractivity contribution in [3.05, 3.63) is 84.2 Å². The third-order valence-electron chi connectivity index (χ3n) is 5.03. The average molecular weight is 453 g/mol. The summed E-state index contributed by atoms with van der Waals surface area (Å²) >= 11 is 0. The first kappa shape index (κ1) is 23.8. The molecular formula is C24H27N3O6. The number of carbonyl (C=O) groups excluding carboxylic acids is 1. The Hall–Kier alpha value is -3.82. The van der Waals surface area contributed by atoms with E-state index in [9.17, 15) is 24.9 Å². The van der Waals surface area contributed by atoms with E-state index < -0.39 is 24.8 Å². The smallest absolute Gasteiger partial charge is 0.407 e. The highest BCUT2D eigenvalue weighted by molar-refractivity contribution is 6.04. The van der Waals surface area contributed by atoms with Gasteiger partial charge in [0.2, 0.25) is 0 Å². The van der Waals surface area contributed by atoms with Crippen molar-refractivity contribution in [2.24, 2.45) is 0 Å². The lowest BCUT2D eigenvalue weighted by atomic mass is 10.0. The summed E-state index contributed by atoms with van der Waals surface area (Å²) in [5.74, 6) is 0.321. The summed E-state index contributed by atoms with van der Waals surface area (Å²) in [5.41, 5.74) is 1.87. The standard InChI is InChI=1S/C24H27N3O6/c28-15-20(27(24(31)32)14-21(29)16-33-22-4-2-1-3-5-22)12-17-6-8-19(9-7-17)26-23(30)18-10-11-25-13-18/h1-11,13,20-21,25,28-29H,12,14-16H2,(H,26,30)(H,31,32)/t20-,21-/m0/s1. The van der Waals surface area contributed by atoms with Crippen molar-refractivity contribution >= 4 is 17.7 Å². The molecule has 0 saturated carbocycles. The topological polar surface area (TPSA) is 135 Å². The van der Waals surface area contributed by atoms with Crippen LogP contribution in [0.25, 0.3) is 0 Å². The van der Waals surface area contributed by atoms with E-state index in [-0.39, 0.29) is 25.5 Å². The molecule has 0 bridgehead atoms. The molecule has 33 heavy (non-hydrogen) atoms. The van der Waals surface area contributed by atoms with Crippen molar-refractivity contribution in [2.75, 3.05) is 25.1 Å². The molecule has 3 aromatic rings. The first-order valence-electron chi connectivity index (χ1n) is 10.5. The van der Waals surface area contributed by atoms with Crippen LogP contribution in [0, 0.1) is 0 Å². The molecule has 2 atom stereocenters. The van der Waals surface area contributed by atoms with Crippen LogP contribution in [-0.2, 0) is 6.42 Å². The fraction of sp³-hybridized carbons (Fsp3) is 0.250. The summed E-state index contributed by atoms with van der Waals surface area (Å²) in [6.07, 6.45) is 1.17. The van der Waals surface area contributed by atoms with E-state index in [4.69, 9.17) is 4.74 Å². The second-order valence-electron chi connectivity index (χ2n) is 7.50. The number of aliphatic hydroxyl groups excluding tert-OH is 2. The number of carbonyl (C=O) groups is 2. The minimum Gasteiger partial charge on any atom is -0.491 e. The predicted octanol–water partition coefficient (Wildman–Crippen LogP) is 2.59. The van der Waals surface area contributed by atoms with E-state index >= 15 is 0 Å². The monoisotopic (exact) mass is 453 g/mol. The molecule has 2 amide bonds. The van der Waals surface area contributed by atoms with Crippen LogP contribution < -0.4 is 10.1 Å². The van der Waals surface area contributed by atoms with Crippen molar-refractivity contribution < 1.29 is 29.6 Å². The molecule has 0 aliphatic carbocycles. The van der Waals surface area contributed by atoms with Gasteiger partial charge < -0.3 is 35.3 Å². The van der Waals surface area contributed by atoms with Gasteiger partial charge in [-0.2, -0.15) is 0 Å². The van der Waals surface area contributed by atoms with Crippen LogP contribution in [0.2, 0.25) is 0 Å². The normalized spacial score (nSPS) is 12.5. The minimum atomic E-state index is -1.25. The van der Waals surface area contributed by atoms with Gasteiger partial charge in [-0.15, -0.1) is 0 Å². The Morgan fingerprint density at radius 3 is 2.39 bits per heavy atom. The van der Waals surface area contributed by atoms with Crippen LogP contribution in [0.1, 0.15) is 15.9 Å². The van der Waals surface area contributed by atoms with Gasteiger partial charge in [0.15, 0.2) is 0 Å². The number of nitrogens with one attached hydrogen (secondary N) is 2. The molecule has 1 aromatic heterocycles. The highest BCUT2D eigenvalue weighted by Crippen LogP contribution is 2.16. The zero-order valence-corrected chi connectivity index (χ0v) is 17.9. The van der Waals surface area contributed by atoms with Crippen molar-refractivity contribution in [1.82, 2.24) is 9.88 Å². The molecule has 0 saturated heterocycles. The fourth-order valence-electron chi connectivity index (χ4n) is 3.31. The molecular weight excluding hydrogens is 426 g/mol. The number of aliphatic hydroxyl groups is 2. The van der Waals surface area contributed by atoms with Crippen molar-refractivity contribution in [2.45, 2.75) is 18.6 Å². The van der Waals surface area contributed by atoms with E-state index in [2.05, 4.69) is 10.3 Å². The van der Waals surface area contributed by atoms with Crippen LogP contribution in [-0.4, -0.2) is 69.1 Å². The molecule has 9 nitrogen and oxygen atoms in total. The molecule has 3 rings (SSSR count). The zero-order valence-electron chi connectivity index (χ0n) is 17.9. The number of anilines is 1. The Morgan fingerprint density at radius 1 is 1.06 bits per heavy atom. The van der Waals surface area contributed by atoms with Crippen LogP contribution in [0.5, 0.6) is 5.75 Å². The predicted molar refractivity (Wildman–Crippen MR) is 122 cm³/mol. The molecule has 0 unspecified atom stereocenters. The Kier molecular flexibility index (Phi) is 8.45. The number of aromatic nitrogens is 1. The number of hydrogen-bond donors (Lipinski definition) is 5. The number of nitrogens with zero attached hydrogens (tertiary/aromatic N) is 1. The van der Waals surface area contributed by atoms with Crippen LogP contribution in [0.15, 0.2) is 73.1 Å². The SMILES string of the molecule is O=C(Nc1ccc(C[C@@H](CO)N(C[C@H](O)COc2ccccc2)C(=O)O)cc1)c1cc[nH]c1. The Bertz CT molecular complexity index is 1010. The van der Waals surface area contributed by atoms with Gasteiger partial charge in [-0.1, -0.05) is 30.3 Å². The molecule has 1 heterocycles. The summed E-state index contributed by atoms with van der Waals surface area (Å²) < 4.78 is 5.48. The lowest BCUT2D eigenvalue weighted by Crippen LogP contribution is -2.48. The van der Waals surface area contributed by atoms with Crippen LogP contribution in [0.3, 0.4) is 0 Å². The highest BCUT2D eigenvalue weighted by Gasteiger charge is 2.26. The number of carboxylic acid groups (broad SMARTS) is 1. The Morgan fingerprint density at radius 2 is 1.79 bits per heavy atom. The molecule has 0 fully saturated rings. The first-order valence-corrected chi connectivity index (χ1v) is 10.5. The number of ether oxygens (including phenoxy) is 1. The summed E-state index contributed by atoms with van der Waals surface area (Å²) in [6, 6.07) is 16.7. The van der Waals surface area contributed by atoms with Gasteiger partial charge >= 0.3 is 6.09 Å². The highest BCUT2D eigenvalue weighted by atomic mass is 16.5. The molecule has 0 spiro atoms. The van der Waals surface area contributed by atoms with Crippen LogP contribution >= 0.6 is 0 Å². The number of H-pyrrole nitrogens is 1. The van der Waals surface area contributed by atoms with E-state index in [1.807, 2.05) is 6.07 Å². The van der Waals surface area contributed by atoms with Gasteiger partial charge in [0, 0.05) is 18.1 Å². The van der Waals surface area contributed by atoms with E-state index in [0.717, 1.165) is 10.5 Å². The van der Waals surface area contributed by atoms with Crippen molar-refractivity contribution in [3.8, 4) is 5.75 Å². The zero-order chi connectivity index (χ0) is 23.6. The quantitative estimate of drug-likeness (QED) is 0.303. The Labute approximate surface area is 191 Å². The molecule has 0 aliphatic rings. The molecule has 9 heteroatoms. The van der Waals surface area contributed by atoms with Crippen molar-refractivity contribution in [3.63, 3.8) is 0 Å². The lowest BCUT2D eigenvalue weighted by Gasteiger charge is -2.30. The molecule has 0 radical (unpaired) electrons. The van der Waals surface area contributed by atoms with Gasteiger partial charge in [0.25, 0.3) is 5.91 Å². The number of benzene rings is 2. The maximum absolute atomic E-state index is 12.1. The number of hydrogen-bond acceptors (Lipinski definition) is 5. The number of aromatic amines is 1. The largest absolute Gasteiger partial charge is 0.491 e. The van der Waals surface area contributed by atoms with Gasteiger partial charge in [-0.05, 0) is 42.3 Å². The summed E-state index contributed by atoms with van der Waals surface area (Å²) in [7, 11) is 0.